The van der Waals surface area contributed by atoms with Gasteiger partial charge in [0.15, 0.2) is 0 Å². The maximum absolute atomic E-state index is 12.8. The zero-order valence-electron chi connectivity index (χ0n) is 15.0. The minimum Gasteiger partial charge on any atom is -0.423 e. The van der Waals surface area contributed by atoms with Crippen molar-refractivity contribution in [2.24, 2.45) is 0 Å². The highest BCUT2D eigenvalue weighted by Gasteiger charge is 2.39. The Kier molecular flexibility index (Phi) is 4.99. The molecular weight excluding hydrogens is 332 g/mol. The van der Waals surface area contributed by atoms with Crippen LogP contribution in [-0.4, -0.2) is 57.7 Å². The maximum atomic E-state index is 12.8. The number of aromatic nitrogens is 2. The zero-order valence-corrected chi connectivity index (χ0v) is 15.0. The molecule has 2 saturated heterocycles. The zero-order chi connectivity index (χ0) is 17.9. The van der Waals surface area contributed by atoms with Gasteiger partial charge in [0.25, 0.3) is 0 Å². The van der Waals surface area contributed by atoms with Crippen LogP contribution in [-0.2, 0) is 22.7 Å². The third-order valence-electron chi connectivity index (χ3n) is 5.05. The Morgan fingerprint density at radius 1 is 1.27 bits per heavy atom. The van der Waals surface area contributed by atoms with Gasteiger partial charge in [-0.25, -0.2) is 0 Å². The molecule has 7 heteroatoms. The summed E-state index contributed by atoms with van der Waals surface area (Å²) < 4.78 is 11.0. The van der Waals surface area contributed by atoms with Crippen LogP contribution in [0.1, 0.15) is 30.2 Å². The molecule has 1 aromatic carbocycles. The SMILES string of the molecule is Cc1nnc(COC2CN(C(=O)C3CCCN3Cc3ccccc3)C2)o1. The van der Waals surface area contributed by atoms with Crippen molar-refractivity contribution in [1.82, 2.24) is 20.0 Å². The van der Waals surface area contributed by atoms with E-state index < -0.39 is 0 Å². The van der Waals surface area contributed by atoms with Crippen LogP contribution < -0.4 is 0 Å². The topological polar surface area (TPSA) is 71.7 Å². The van der Waals surface area contributed by atoms with Crippen LogP contribution in [0.3, 0.4) is 0 Å². The number of carbonyl (C=O) groups excluding carboxylic acids is 1. The second kappa shape index (κ2) is 7.55. The molecule has 0 spiro atoms. The molecule has 1 unspecified atom stereocenters. The molecule has 0 N–H and O–H groups in total. The third-order valence-corrected chi connectivity index (χ3v) is 5.05. The van der Waals surface area contributed by atoms with Gasteiger partial charge in [-0.15, -0.1) is 10.2 Å². The van der Waals surface area contributed by atoms with E-state index in [-0.39, 0.29) is 18.1 Å². The van der Waals surface area contributed by atoms with Gasteiger partial charge in [-0.05, 0) is 24.9 Å². The Hall–Kier alpha value is -2.25. The lowest BCUT2D eigenvalue weighted by Crippen LogP contribution is -2.58. The molecule has 7 nitrogen and oxygen atoms in total. The fourth-order valence-corrected chi connectivity index (χ4v) is 3.63. The Morgan fingerprint density at radius 3 is 2.81 bits per heavy atom. The van der Waals surface area contributed by atoms with E-state index in [1.807, 2.05) is 23.1 Å². The first-order valence-electron chi connectivity index (χ1n) is 9.16. The molecular formula is C19H24N4O3. The van der Waals surface area contributed by atoms with Gasteiger partial charge in [-0.1, -0.05) is 30.3 Å². The van der Waals surface area contributed by atoms with Gasteiger partial charge >= 0.3 is 0 Å². The molecule has 1 amide bonds. The number of likely N-dealkylation sites (tertiary alicyclic amines) is 2. The van der Waals surface area contributed by atoms with E-state index in [1.54, 1.807) is 6.92 Å². The summed E-state index contributed by atoms with van der Waals surface area (Å²) in [4.78, 5) is 17.0. The number of amides is 1. The van der Waals surface area contributed by atoms with Crippen molar-refractivity contribution in [2.75, 3.05) is 19.6 Å². The number of carbonyl (C=O) groups is 1. The third kappa shape index (κ3) is 3.78. The normalized spacial score (nSPS) is 21.1. The second-order valence-electron chi connectivity index (χ2n) is 7.01. The maximum Gasteiger partial charge on any atom is 0.242 e. The highest BCUT2D eigenvalue weighted by molar-refractivity contribution is 5.83. The van der Waals surface area contributed by atoms with Crippen LogP contribution in [0.2, 0.25) is 0 Å². The van der Waals surface area contributed by atoms with E-state index in [2.05, 4.69) is 27.2 Å². The van der Waals surface area contributed by atoms with Crippen molar-refractivity contribution in [3.05, 3.63) is 47.7 Å². The lowest BCUT2D eigenvalue weighted by atomic mass is 10.1. The van der Waals surface area contributed by atoms with E-state index in [1.165, 1.54) is 5.56 Å². The Morgan fingerprint density at radius 2 is 2.08 bits per heavy atom. The first kappa shape index (κ1) is 17.2. The lowest BCUT2D eigenvalue weighted by molar-refractivity contribution is -0.151. The standard InChI is InChI=1S/C19H24N4O3/c1-14-20-21-18(26-14)13-25-16-11-23(12-16)19(24)17-8-5-9-22(17)10-15-6-3-2-4-7-15/h2-4,6-7,16-17H,5,8-13H2,1H3. The van der Waals surface area contributed by atoms with Gasteiger partial charge in [-0.3, -0.25) is 9.69 Å². The summed E-state index contributed by atoms with van der Waals surface area (Å²) in [7, 11) is 0. The second-order valence-corrected chi connectivity index (χ2v) is 7.01. The summed E-state index contributed by atoms with van der Waals surface area (Å²) >= 11 is 0. The largest absolute Gasteiger partial charge is 0.423 e. The predicted octanol–water partition coefficient (Wildman–Crippen LogP) is 1.77. The lowest BCUT2D eigenvalue weighted by Gasteiger charge is -2.41. The minimum absolute atomic E-state index is 0.00486. The molecule has 2 fully saturated rings. The van der Waals surface area contributed by atoms with Crippen LogP contribution in [0.25, 0.3) is 0 Å². The summed E-state index contributed by atoms with van der Waals surface area (Å²) in [6.45, 7) is 5.15. The van der Waals surface area contributed by atoms with E-state index in [0.29, 0.717) is 31.5 Å². The average molecular weight is 356 g/mol. The number of benzene rings is 1. The number of nitrogens with zero attached hydrogens (tertiary/aromatic N) is 4. The first-order valence-corrected chi connectivity index (χ1v) is 9.16. The molecule has 0 radical (unpaired) electrons. The molecule has 2 aliphatic heterocycles. The van der Waals surface area contributed by atoms with Crippen molar-refractivity contribution in [3.8, 4) is 0 Å². The minimum atomic E-state index is -0.00486. The Labute approximate surface area is 152 Å². The van der Waals surface area contributed by atoms with Crippen molar-refractivity contribution >= 4 is 5.91 Å². The molecule has 1 aromatic heterocycles. The fourth-order valence-electron chi connectivity index (χ4n) is 3.63. The smallest absolute Gasteiger partial charge is 0.242 e. The van der Waals surface area contributed by atoms with E-state index >= 15 is 0 Å². The quantitative estimate of drug-likeness (QED) is 0.786. The van der Waals surface area contributed by atoms with Crippen LogP contribution in [0.15, 0.2) is 34.7 Å². The first-order chi connectivity index (χ1) is 12.7. The van der Waals surface area contributed by atoms with Crippen LogP contribution in [0.5, 0.6) is 0 Å². The van der Waals surface area contributed by atoms with E-state index in [0.717, 1.165) is 25.9 Å². The highest BCUT2D eigenvalue weighted by atomic mass is 16.5. The molecule has 26 heavy (non-hydrogen) atoms. The van der Waals surface area contributed by atoms with Gasteiger partial charge < -0.3 is 14.1 Å². The Balaban J connectivity index is 1.25. The molecule has 1 atom stereocenters. The van der Waals surface area contributed by atoms with Crippen molar-refractivity contribution in [1.29, 1.82) is 0 Å². The molecule has 0 bridgehead atoms. The number of hydrogen-bond acceptors (Lipinski definition) is 6. The molecule has 4 rings (SSSR count). The number of rotatable bonds is 6. The molecule has 0 saturated carbocycles. The van der Waals surface area contributed by atoms with Crippen molar-refractivity contribution in [2.45, 2.75) is 45.1 Å². The number of ether oxygens (including phenoxy) is 1. The fraction of sp³-hybridized carbons (Fsp3) is 0.526. The van der Waals surface area contributed by atoms with Gasteiger partial charge in [0.05, 0.1) is 12.1 Å². The van der Waals surface area contributed by atoms with Gasteiger partial charge in [0.2, 0.25) is 17.7 Å². The molecule has 0 aliphatic carbocycles. The molecule has 2 aliphatic rings. The van der Waals surface area contributed by atoms with Crippen molar-refractivity contribution in [3.63, 3.8) is 0 Å². The van der Waals surface area contributed by atoms with Crippen LogP contribution in [0.4, 0.5) is 0 Å². The van der Waals surface area contributed by atoms with E-state index in [9.17, 15) is 4.79 Å². The molecule has 138 valence electrons. The Bertz CT molecular complexity index is 742. The predicted molar refractivity (Wildman–Crippen MR) is 94.1 cm³/mol. The summed E-state index contributed by atoms with van der Waals surface area (Å²) in [6.07, 6.45) is 2.07. The van der Waals surface area contributed by atoms with Crippen LogP contribution in [0, 0.1) is 6.92 Å². The van der Waals surface area contributed by atoms with Gasteiger partial charge in [0.1, 0.15) is 6.61 Å². The monoisotopic (exact) mass is 356 g/mol. The molecule has 2 aromatic rings. The van der Waals surface area contributed by atoms with Gasteiger partial charge in [-0.2, -0.15) is 0 Å². The van der Waals surface area contributed by atoms with Crippen molar-refractivity contribution < 1.29 is 13.9 Å². The van der Waals surface area contributed by atoms with Crippen LogP contribution >= 0.6 is 0 Å². The number of hydrogen-bond donors (Lipinski definition) is 0. The highest BCUT2D eigenvalue weighted by Crippen LogP contribution is 2.24. The average Bonchev–Trinajstić information content (AvgIpc) is 3.23. The summed E-state index contributed by atoms with van der Waals surface area (Å²) in [6, 6.07) is 10.3. The summed E-state index contributed by atoms with van der Waals surface area (Å²) in [5, 5.41) is 7.69. The molecule has 3 heterocycles. The van der Waals surface area contributed by atoms with Gasteiger partial charge in [0, 0.05) is 26.6 Å². The van der Waals surface area contributed by atoms with E-state index in [4.69, 9.17) is 9.15 Å². The number of aryl methyl sites for hydroxylation is 1. The summed E-state index contributed by atoms with van der Waals surface area (Å²) in [5.74, 6) is 1.25. The summed E-state index contributed by atoms with van der Waals surface area (Å²) in [5.41, 5.74) is 1.26.